The standard InChI is InChI=1S/C19H28N4O3/c24-18(14-17-2-1-7-20-17)22-16-5-3-15(4-6-16)19(25)21-8-9-23-10-12-26-13-11-23/h3-6,17,20H,1-2,7-14H2,(H,21,25)(H,22,24). The zero-order valence-electron chi connectivity index (χ0n) is 15.1. The summed E-state index contributed by atoms with van der Waals surface area (Å²) in [6.07, 6.45) is 2.67. The normalized spacial score (nSPS) is 20.7. The fraction of sp³-hybridized carbons (Fsp3) is 0.579. The number of nitrogens with one attached hydrogen (secondary N) is 3. The SMILES string of the molecule is O=C(CC1CCCN1)Nc1ccc(C(=O)NCCN2CCOCC2)cc1. The van der Waals surface area contributed by atoms with Crippen molar-refractivity contribution >= 4 is 17.5 Å². The number of amides is 2. The van der Waals surface area contributed by atoms with Crippen molar-refractivity contribution in [3.63, 3.8) is 0 Å². The Bertz CT molecular complexity index is 593. The Morgan fingerprint density at radius 3 is 2.65 bits per heavy atom. The molecule has 142 valence electrons. The van der Waals surface area contributed by atoms with Gasteiger partial charge in [-0.3, -0.25) is 14.5 Å². The average Bonchev–Trinajstić information content (AvgIpc) is 3.16. The third-order valence-electron chi connectivity index (χ3n) is 4.84. The number of nitrogens with zero attached hydrogens (tertiary/aromatic N) is 1. The predicted molar refractivity (Wildman–Crippen MR) is 100 cm³/mol. The number of morpholine rings is 1. The Labute approximate surface area is 154 Å². The Balaban J connectivity index is 1.39. The van der Waals surface area contributed by atoms with Crippen LogP contribution in [0.2, 0.25) is 0 Å². The first-order chi connectivity index (χ1) is 12.7. The molecule has 2 heterocycles. The number of hydrogen-bond acceptors (Lipinski definition) is 5. The van der Waals surface area contributed by atoms with Crippen molar-refractivity contribution in [2.45, 2.75) is 25.3 Å². The molecule has 2 aliphatic rings. The summed E-state index contributed by atoms with van der Waals surface area (Å²) in [5, 5.41) is 9.15. The van der Waals surface area contributed by atoms with Crippen molar-refractivity contribution in [2.24, 2.45) is 0 Å². The number of ether oxygens (including phenoxy) is 1. The van der Waals surface area contributed by atoms with Crippen LogP contribution in [0.3, 0.4) is 0 Å². The van der Waals surface area contributed by atoms with Crippen LogP contribution in [0.4, 0.5) is 5.69 Å². The fourth-order valence-electron chi connectivity index (χ4n) is 3.33. The number of anilines is 1. The van der Waals surface area contributed by atoms with Crippen LogP contribution in [-0.2, 0) is 9.53 Å². The molecule has 3 N–H and O–H groups in total. The van der Waals surface area contributed by atoms with E-state index in [0.29, 0.717) is 18.5 Å². The van der Waals surface area contributed by atoms with Crippen molar-refractivity contribution in [3.8, 4) is 0 Å². The zero-order chi connectivity index (χ0) is 18.2. The first kappa shape index (κ1) is 18.8. The van der Waals surface area contributed by atoms with Gasteiger partial charge < -0.3 is 20.7 Å². The van der Waals surface area contributed by atoms with Crippen LogP contribution in [0.1, 0.15) is 29.6 Å². The Morgan fingerprint density at radius 2 is 1.96 bits per heavy atom. The highest BCUT2D eigenvalue weighted by Gasteiger charge is 2.17. The molecule has 7 nitrogen and oxygen atoms in total. The lowest BCUT2D eigenvalue weighted by molar-refractivity contribution is -0.116. The molecule has 0 aromatic heterocycles. The van der Waals surface area contributed by atoms with Crippen molar-refractivity contribution < 1.29 is 14.3 Å². The Kier molecular flexibility index (Phi) is 6.99. The Hall–Kier alpha value is -1.96. The van der Waals surface area contributed by atoms with E-state index >= 15 is 0 Å². The second-order valence-electron chi connectivity index (χ2n) is 6.83. The third-order valence-corrected chi connectivity index (χ3v) is 4.84. The second-order valence-corrected chi connectivity index (χ2v) is 6.83. The van der Waals surface area contributed by atoms with E-state index in [2.05, 4.69) is 20.9 Å². The summed E-state index contributed by atoms with van der Waals surface area (Å²) in [6, 6.07) is 7.32. The number of hydrogen-bond donors (Lipinski definition) is 3. The average molecular weight is 360 g/mol. The van der Waals surface area contributed by atoms with Crippen LogP contribution < -0.4 is 16.0 Å². The van der Waals surface area contributed by atoms with E-state index in [1.165, 1.54) is 0 Å². The van der Waals surface area contributed by atoms with Crippen molar-refractivity contribution in [3.05, 3.63) is 29.8 Å². The highest BCUT2D eigenvalue weighted by Crippen LogP contribution is 2.13. The molecule has 2 saturated heterocycles. The van der Waals surface area contributed by atoms with Gasteiger partial charge in [-0.15, -0.1) is 0 Å². The van der Waals surface area contributed by atoms with E-state index in [1.54, 1.807) is 24.3 Å². The molecular weight excluding hydrogens is 332 g/mol. The molecule has 26 heavy (non-hydrogen) atoms. The molecule has 2 aliphatic heterocycles. The molecule has 0 aliphatic carbocycles. The number of benzene rings is 1. The van der Waals surface area contributed by atoms with Gasteiger partial charge in [0.15, 0.2) is 0 Å². The minimum atomic E-state index is -0.0914. The minimum absolute atomic E-state index is 0.00659. The quantitative estimate of drug-likeness (QED) is 0.671. The van der Waals surface area contributed by atoms with E-state index in [1.807, 2.05) is 0 Å². The van der Waals surface area contributed by atoms with E-state index in [-0.39, 0.29) is 17.9 Å². The molecule has 2 amide bonds. The minimum Gasteiger partial charge on any atom is -0.379 e. The number of carbonyl (C=O) groups is 2. The smallest absolute Gasteiger partial charge is 0.251 e. The van der Waals surface area contributed by atoms with Gasteiger partial charge in [0.2, 0.25) is 5.91 Å². The van der Waals surface area contributed by atoms with Gasteiger partial charge in [-0.2, -0.15) is 0 Å². The summed E-state index contributed by atoms with van der Waals surface area (Å²) < 4.78 is 5.31. The van der Waals surface area contributed by atoms with Gasteiger partial charge in [0.05, 0.1) is 13.2 Å². The summed E-state index contributed by atoms with van der Waals surface area (Å²) in [5.41, 5.74) is 1.32. The maximum Gasteiger partial charge on any atom is 0.251 e. The second kappa shape index (κ2) is 9.66. The van der Waals surface area contributed by atoms with Crippen LogP contribution in [0, 0.1) is 0 Å². The Morgan fingerprint density at radius 1 is 1.19 bits per heavy atom. The molecule has 0 saturated carbocycles. The van der Waals surface area contributed by atoms with E-state index in [4.69, 9.17) is 4.74 Å². The molecule has 0 bridgehead atoms. The molecule has 2 fully saturated rings. The van der Waals surface area contributed by atoms with Gasteiger partial charge in [-0.1, -0.05) is 0 Å². The summed E-state index contributed by atoms with van der Waals surface area (Å²) in [4.78, 5) is 26.5. The van der Waals surface area contributed by atoms with Crippen molar-refractivity contribution in [1.29, 1.82) is 0 Å². The first-order valence-corrected chi connectivity index (χ1v) is 9.42. The lowest BCUT2D eigenvalue weighted by atomic mass is 10.1. The molecule has 1 aromatic rings. The van der Waals surface area contributed by atoms with E-state index < -0.39 is 0 Å². The molecule has 0 spiro atoms. The maximum atomic E-state index is 12.2. The summed E-state index contributed by atoms with van der Waals surface area (Å²) in [6.45, 7) is 5.80. The van der Waals surface area contributed by atoms with Crippen LogP contribution in [0.5, 0.6) is 0 Å². The predicted octanol–water partition coefficient (Wildman–Crippen LogP) is 0.829. The van der Waals surface area contributed by atoms with Gasteiger partial charge in [-0.25, -0.2) is 0 Å². The van der Waals surface area contributed by atoms with Gasteiger partial charge in [-0.05, 0) is 43.7 Å². The van der Waals surface area contributed by atoms with Crippen molar-refractivity contribution in [2.75, 3.05) is 51.3 Å². The number of carbonyl (C=O) groups excluding carboxylic acids is 2. The number of rotatable bonds is 7. The van der Waals surface area contributed by atoms with Crippen LogP contribution >= 0.6 is 0 Å². The summed E-state index contributed by atoms with van der Waals surface area (Å²) in [5.74, 6) is -0.0848. The van der Waals surface area contributed by atoms with Gasteiger partial charge >= 0.3 is 0 Å². The van der Waals surface area contributed by atoms with Crippen molar-refractivity contribution in [1.82, 2.24) is 15.5 Å². The topological polar surface area (TPSA) is 82.7 Å². The van der Waals surface area contributed by atoms with Gasteiger partial charge in [0, 0.05) is 49.9 Å². The highest BCUT2D eigenvalue weighted by atomic mass is 16.5. The highest BCUT2D eigenvalue weighted by molar-refractivity contribution is 5.95. The fourth-order valence-corrected chi connectivity index (χ4v) is 3.33. The van der Waals surface area contributed by atoms with Crippen LogP contribution in [0.15, 0.2) is 24.3 Å². The summed E-state index contributed by atoms with van der Waals surface area (Å²) >= 11 is 0. The molecule has 3 rings (SSSR count). The molecular formula is C19H28N4O3. The zero-order valence-corrected chi connectivity index (χ0v) is 15.1. The first-order valence-electron chi connectivity index (χ1n) is 9.42. The molecule has 7 heteroatoms. The largest absolute Gasteiger partial charge is 0.379 e. The van der Waals surface area contributed by atoms with E-state index in [0.717, 1.165) is 57.9 Å². The van der Waals surface area contributed by atoms with Gasteiger partial charge in [0.25, 0.3) is 5.91 Å². The monoisotopic (exact) mass is 360 g/mol. The molecule has 1 aromatic carbocycles. The van der Waals surface area contributed by atoms with E-state index in [9.17, 15) is 9.59 Å². The molecule has 0 radical (unpaired) electrons. The summed E-state index contributed by atoms with van der Waals surface area (Å²) in [7, 11) is 0. The van der Waals surface area contributed by atoms with Crippen LogP contribution in [-0.4, -0.2) is 68.7 Å². The van der Waals surface area contributed by atoms with Gasteiger partial charge in [0.1, 0.15) is 0 Å². The third kappa shape index (κ3) is 5.79. The lowest BCUT2D eigenvalue weighted by Gasteiger charge is -2.26. The maximum absolute atomic E-state index is 12.2. The lowest BCUT2D eigenvalue weighted by Crippen LogP contribution is -2.41. The molecule has 1 unspecified atom stereocenters. The molecule has 1 atom stereocenters. The van der Waals surface area contributed by atoms with Crippen LogP contribution in [0.25, 0.3) is 0 Å².